The van der Waals surface area contributed by atoms with Crippen molar-refractivity contribution in [1.29, 1.82) is 0 Å². The largest absolute Gasteiger partial charge is 0.328 e. The maximum absolute atomic E-state index is 11.4. The van der Waals surface area contributed by atoms with Crippen molar-refractivity contribution in [3.8, 4) is 0 Å². The fourth-order valence-corrected chi connectivity index (χ4v) is 1.01. The number of nitrogens with zero attached hydrogens (tertiary/aromatic N) is 1. The SMILES string of the molecule is CCN(C)C(=O)Nc1ccc(C=O)cc1. The lowest BCUT2D eigenvalue weighted by Gasteiger charge is -2.15. The second-order valence-corrected chi connectivity index (χ2v) is 3.18. The Bertz CT molecular complexity index is 346. The van der Waals surface area contributed by atoms with Gasteiger partial charge in [0.25, 0.3) is 0 Å². The van der Waals surface area contributed by atoms with E-state index in [4.69, 9.17) is 0 Å². The van der Waals surface area contributed by atoms with Crippen molar-refractivity contribution in [1.82, 2.24) is 4.90 Å². The molecule has 0 spiro atoms. The summed E-state index contributed by atoms with van der Waals surface area (Å²) in [5, 5.41) is 2.71. The predicted molar refractivity (Wildman–Crippen MR) is 59.2 cm³/mol. The van der Waals surface area contributed by atoms with Gasteiger partial charge in [-0.05, 0) is 31.2 Å². The molecule has 1 N–H and O–H groups in total. The van der Waals surface area contributed by atoms with E-state index in [9.17, 15) is 9.59 Å². The predicted octanol–water partition coefficient (Wildman–Crippen LogP) is 1.98. The molecule has 0 aliphatic carbocycles. The van der Waals surface area contributed by atoms with Crippen LogP contribution >= 0.6 is 0 Å². The Balaban J connectivity index is 2.65. The van der Waals surface area contributed by atoms with Crippen LogP contribution in [0.4, 0.5) is 10.5 Å². The molecule has 0 saturated heterocycles. The standard InChI is InChI=1S/C11H14N2O2/c1-3-13(2)11(15)12-10-6-4-9(8-14)5-7-10/h4-8H,3H2,1-2H3,(H,12,15). The highest BCUT2D eigenvalue weighted by atomic mass is 16.2. The van der Waals surface area contributed by atoms with Crippen LogP contribution in [0.2, 0.25) is 0 Å². The molecule has 0 aliphatic heterocycles. The van der Waals surface area contributed by atoms with E-state index in [2.05, 4.69) is 5.32 Å². The fraction of sp³-hybridized carbons (Fsp3) is 0.273. The minimum Gasteiger partial charge on any atom is -0.328 e. The van der Waals surface area contributed by atoms with Crippen LogP contribution in [0.3, 0.4) is 0 Å². The van der Waals surface area contributed by atoms with Crippen molar-refractivity contribution in [2.75, 3.05) is 18.9 Å². The van der Waals surface area contributed by atoms with Crippen LogP contribution < -0.4 is 5.32 Å². The summed E-state index contributed by atoms with van der Waals surface area (Å²) < 4.78 is 0. The molecule has 4 heteroatoms. The first-order valence-electron chi connectivity index (χ1n) is 4.74. The number of amides is 2. The number of nitrogens with one attached hydrogen (secondary N) is 1. The van der Waals surface area contributed by atoms with Crippen molar-refractivity contribution < 1.29 is 9.59 Å². The van der Waals surface area contributed by atoms with Gasteiger partial charge >= 0.3 is 6.03 Å². The van der Waals surface area contributed by atoms with Crippen molar-refractivity contribution in [2.24, 2.45) is 0 Å². The molecule has 0 heterocycles. The third-order valence-electron chi connectivity index (χ3n) is 2.12. The second-order valence-electron chi connectivity index (χ2n) is 3.18. The molecule has 1 aromatic rings. The average Bonchev–Trinajstić information content (AvgIpc) is 2.29. The number of benzene rings is 1. The summed E-state index contributed by atoms with van der Waals surface area (Å²) in [6.45, 7) is 2.55. The molecule has 0 bridgehead atoms. The van der Waals surface area contributed by atoms with Crippen LogP contribution in [-0.4, -0.2) is 30.8 Å². The summed E-state index contributed by atoms with van der Waals surface area (Å²) in [5.41, 5.74) is 1.28. The molecule has 4 nitrogen and oxygen atoms in total. The lowest BCUT2D eigenvalue weighted by atomic mass is 10.2. The molecule has 0 unspecified atom stereocenters. The summed E-state index contributed by atoms with van der Waals surface area (Å²) in [7, 11) is 1.72. The monoisotopic (exact) mass is 206 g/mol. The molecule has 80 valence electrons. The van der Waals surface area contributed by atoms with Crippen molar-refractivity contribution in [3.63, 3.8) is 0 Å². The number of carbonyl (C=O) groups excluding carboxylic acids is 2. The third kappa shape index (κ3) is 3.09. The number of carbonyl (C=O) groups is 2. The second kappa shape index (κ2) is 5.14. The first kappa shape index (κ1) is 11.2. The van der Waals surface area contributed by atoms with Crippen LogP contribution in [-0.2, 0) is 0 Å². The van der Waals surface area contributed by atoms with Crippen LogP contribution in [0.5, 0.6) is 0 Å². The van der Waals surface area contributed by atoms with Gasteiger partial charge in [-0.3, -0.25) is 4.79 Å². The first-order valence-corrected chi connectivity index (χ1v) is 4.74. The Hall–Kier alpha value is -1.84. The lowest BCUT2D eigenvalue weighted by Crippen LogP contribution is -2.30. The van der Waals surface area contributed by atoms with Gasteiger partial charge in [-0.1, -0.05) is 0 Å². The fourth-order valence-electron chi connectivity index (χ4n) is 1.01. The van der Waals surface area contributed by atoms with E-state index in [0.29, 0.717) is 17.8 Å². The van der Waals surface area contributed by atoms with Crippen LogP contribution in [0, 0.1) is 0 Å². The maximum Gasteiger partial charge on any atom is 0.321 e. The number of rotatable bonds is 3. The van der Waals surface area contributed by atoms with Gasteiger partial charge in [-0.15, -0.1) is 0 Å². The lowest BCUT2D eigenvalue weighted by molar-refractivity contribution is 0.112. The van der Waals surface area contributed by atoms with Crippen molar-refractivity contribution in [2.45, 2.75) is 6.92 Å². The Morgan fingerprint density at radius 2 is 2.00 bits per heavy atom. The van der Waals surface area contributed by atoms with Crippen molar-refractivity contribution >= 4 is 18.0 Å². The summed E-state index contributed by atoms with van der Waals surface area (Å²) >= 11 is 0. The summed E-state index contributed by atoms with van der Waals surface area (Å²) in [5.74, 6) is 0. The zero-order valence-electron chi connectivity index (χ0n) is 8.86. The minimum absolute atomic E-state index is 0.156. The quantitative estimate of drug-likeness (QED) is 0.769. The van der Waals surface area contributed by atoms with Gasteiger partial charge in [0.15, 0.2) is 0 Å². The van der Waals surface area contributed by atoms with E-state index < -0.39 is 0 Å². The topological polar surface area (TPSA) is 49.4 Å². The molecule has 1 rings (SSSR count). The molecule has 0 aromatic heterocycles. The zero-order valence-corrected chi connectivity index (χ0v) is 8.86. The van der Waals surface area contributed by atoms with Crippen LogP contribution in [0.15, 0.2) is 24.3 Å². The molecule has 15 heavy (non-hydrogen) atoms. The molecule has 1 aromatic carbocycles. The van der Waals surface area contributed by atoms with Gasteiger partial charge in [0.05, 0.1) is 0 Å². The van der Waals surface area contributed by atoms with Gasteiger partial charge in [0.1, 0.15) is 6.29 Å². The Morgan fingerprint density at radius 3 is 2.47 bits per heavy atom. The first-order chi connectivity index (χ1) is 7.17. The highest BCUT2D eigenvalue weighted by Gasteiger charge is 2.05. The molecule has 0 saturated carbocycles. The normalized spacial score (nSPS) is 9.47. The molecular formula is C11H14N2O2. The highest BCUT2D eigenvalue weighted by Crippen LogP contribution is 2.08. The summed E-state index contributed by atoms with van der Waals surface area (Å²) in [6.07, 6.45) is 0.768. The molecule has 0 fully saturated rings. The molecule has 0 radical (unpaired) electrons. The number of hydrogen-bond donors (Lipinski definition) is 1. The number of urea groups is 1. The van der Waals surface area contributed by atoms with E-state index in [1.165, 1.54) is 0 Å². The van der Waals surface area contributed by atoms with E-state index in [0.717, 1.165) is 6.29 Å². The molecule has 0 atom stereocenters. The molecule has 0 aliphatic rings. The smallest absolute Gasteiger partial charge is 0.321 e. The van der Waals surface area contributed by atoms with Gasteiger partial charge < -0.3 is 10.2 Å². The van der Waals surface area contributed by atoms with E-state index in [-0.39, 0.29) is 6.03 Å². The molecule has 2 amide bonds. The van der Waals surface area contributed by atoms with Gasteiger partial charge in [0.2, 0.25) is 0 Å². The highest BCUT2D eigenvalue weighted by molar-refractivity contribution is 5.89. The zero-order chi connectivity index (χ0) is 11.3. The van der Waals surface area contributed by atoms with Gasteiger partial charge in [-0.2, -0.15) is 0 Å². The minimum atomic E-state index is -0.156. The van der Waals surface area contributed by atoms with Crippen molar-refractivity contribution in [3.05, 3.63) is 29.8 Å². The number of hydrogen-bond acceptors (Lipinski definition) is 2. The van der Waals surface area contributed by atoms with Gasteiger partial charge in [0, 0.05) is 24.8 Å². The Labute approximate surface area is 88.9 Å². The van der Waals surface area contributed by atoms with E-state index in [1.54, 1.807) is 36.2 Å². The van der Waals surface area contributed by atoms with E-state index >= 15 is 0 Å². The average molecular weight is 206 g/mol. The Morgan fingerprint density at radius 1 is 1.40 bits per heavy atom. The van der Waals surface area contributed by atoms with Crippen LogP contribution in [0.1, 0.15) is 17.3 Å². The van der Waals surface area contributed by atoms with Gasteiger partial charge in [-0.25, -0.2) is 4.79 Å². The Kier molecular flexibility index (Phi) is 3.85. The number of anilines is 1. The summed E-state index contributed by atoms with van der Waals surface area (Å²) in [4.78, 5) is 23.4. The van der Waals surface area contributed by atoms with Crippen LogP contribution in [0.25, 0.3) is 0 Å². The van der Waals surface area contributed by atoms with E-state index in [1.807, 2.05) is 6.92 Å². The number of aldehydes is 1. The maximum atomic E-state index is 11.4. The molecular weight excluding hydrogens is 192 g/mol. The third-order valence-corrected chi connectivity index (χ3v) is 2.12. The summed E-state index contributed by atoms with van der Waals surface area (Å²) in [6, 6.07) is 6.57.